The minimum absolute atomic E-state index is 0.118. The van der Waals surface area contributed by atoms with Gasteiger partial charge in [0, 0.05) is 56.4 Å². The van der Waals surface area contributed by atoms with E-state index in [2.05, 4.69) is 68.2 Å². The SMILES string of the molecule is C/C(N=N)=C1/NCCC(Nc2cccc(N(C)C)c2)c2cc(-c3cnn(C)c3)ccc21. The van der Waals surface area contributed by atoms with Crippen LogP contribution in [0.3, 0.4) is 0 Å². The molecule has 0 radical (unpaired) electrons. The molecular formula is C24H29N7. The number of aromatic nitrogens is 2. The van der Waals surface area contributed by atoms with Crippen molar-refractivity contribution < 1.29 is 0 Å². The second-order valence-electron chi connectivity index (χ2n) is 8.13. The molecule has 3 N–H and O–H groups in total. The van der Waals surface area contributed by atoms with Crippen molar-refractivity contribution in [3.05, 3.63) is 71.7 Å². The van der Waals surface area contributed by atoms with Gasteiger partial charge in [-0.1, -0.05) is 18.2 Å². The zero-order valence-electron chi connectivity index (χ0n) is 18.5. The first kappa shape index (κ1) is 20.7. The van der Waals surface area contributed by atoms with Crippen molar-refractivity contribution in [3.63, 3.8) is 0 Å². The molecule has 4 rings (SSSR count). The Morgan fingerprint density at radius 2 is 2.06 bits per heavy atom. The van der Waals surface area contributed by atoms with Crippen molar-refractivity contribution in [1.82, 2.24) is 15.1 Å². The summed E-state index contributed by atoms with van der Waals surface area (Å²) in [5.41, 5.74) is 15.9. The molecule has 3 aromatic rings. The molecule has 2 heterocycles. The van der Waals surface area contributed by atoms with E-state index < -0.39 is 0 Å². The summed E-state index contributed by atoms with van der Waals surface area (Å²) in [6.07, 6.45) is 4.83. The van der Waals surface area contributed by atoms with E-state index in [9.17, 15) is 0 Å². The van der Waals surface area contributed by atoms with Gasteiger partial charge in [0.05, 0.1) is 23.6 Å². The fraction of sp³-hybridized carbons (Fsp3) is 0.292. The number of nitrogens with zero attached hydrogens (tertiary/aromatic N) is 4. The number of fused-ring (bicyclic) bond motifs is 1. The van der Waals surface area contributed by atoms with E-state index in [0.29, 0.717) is 5.70 Å². The minimum atomic E-state index is 0.118. The summed E-state index contributed by atoms with van der Waals surface area (Å²) >= 11 is 0. The van der Waals surface area contributed by atoms with Crippen LogP contribution in [0.15, 0.2) is 65.7 Å². The number of benzene rings is 2. The predicted molar refractivity (Wildman–Crippen MR) is 126 cm³/mol. The van der Waals surface area contributed by atoms with E-state index in [1.165, 1.54) is 5.56 Å². The summed E-state index contributed by atoms with van der Waals surface area (Å²) in [6.45, 7) is 2.67. The van der Waals surface area contributed by atoms with Gasteiger partial charge in [0.1, 0.15) is 0 Å². The zero-order chi connectivity index (χ0) is 22.0. The van der Waals surface area contributed by atoms with Gasteiger partial charge in [-0.2, -0.15) is 10.2 Å². The molecule has 1 atom stereocenters. The minimum Gasteiger partial charge on any atom is -0.383 e. The van der Waals surface area contributed by atoms with Gasteiger partial charge in [0.25, 0.3) is 0 Å². The zero-order valence-corrected chi connectivity index (χ0v) is 18.5. The van der Waals surface area contributed by atoms with Crippen molar-refractivity contribution in [2.45, 2.75) is 19.4 Å². The van der Waals surface area contributed by atoms with E-state index in [1.807, 2.05) is 45.1 Å². The smallest absolute Gasteiger partial charge is 0.0829 e. The topological polar surface area (TPSA) is 81.3 Å². The molecule has 1 aromatic heterocycles. The number of rotatable bonds is 5. The van der Waals surface area contributed by atoms with E-state index in [0.717, 1.165) is 46.7 Å². The number of hydrogen-bond acceptors (Lipinski definition) is 6. The summed E-state index contributed by atoms with van der Waals surface area (Å²) in [5.74, 6) is 0. The third-order valence-corrected chi connectivity index (χ3v) is 5.70. The Bertz CT molecular complexity index is 1130. The first-order valence-electron chi connectivity index (χ1n) is 10.5. The fourth-order valence-electron chi connectivity index (χ4n) is 4.02. The van der Waals surface area contributed by atoms with Crippen molar-refractivity contribution in [2.24, 2.45) is 12.2 Å². The third kappa shape index (κ3) is 4.30. The summed E-state index contributed by atoms with van der Waals surface area (Å²) in [5, 5.41) is 15.3. The number of allylic oxidation sites excluding steroid dienone is 1. The Hall–Kier alpha value is -3.61. The molecule has 0 amide bonds. The van der Waals surface area contributed by atoms with Crippen LogP contribution < -0.4 is 15.5 Å². The van der Waals surface area contributed by atoms with Crippen molar-refractivity contribution in [2.75, 3.05) is 30.9 Å². The van der Waals surface area contributed by atoms with Crippen LogP contribution in [0.5, 0.6) is 0 Å². The predicted octanol–water partition coefficient (Wildman–Crippen LogP) is 5.02. The molecule has 0 aliphatic carbocycles. The lowest BCUT2D eigenvalue weighted by Crippen LogP contribution is -2.16. The highest BCUT2D eigenvalue weighted by Crippen LogP contribution is 2.36. The third-order valence-electron chi connectivity index (χ3n) is 5.70. The molecule has 0 saturated heterocycles. The molecule has 0 bridgehead atoms. The molecule has 0 saturated carbocycles. The maximum atomic E-state index is 7.53. The van der Waals surface area contributed by atoms with E-state index in [1.54, 1.807) is 0 Å². The van der Waals surface area contributed by atoms with Gasteiger partial charge in [-0.25, -0.2) is 5.53 Å². The van der Waals surface area contributed by atoms with E-state index in [-0.39, 0.29) is 6.04 Å². The van der Waals surface area contributed by atoms with Gasteiger partial charge >= 0.3 is 0 Å². The average molecular weight is 416 g/mol. The highest BCUT2D eigenvalue weighted by atomic mass is 15.2. The van der Waals surface area contributed by atoms with E-state index >= 15 is 0 Å². The van der Waals surface area contributed by atoms with Crippen LogP contribution in [0.25, 0.3) is 16.8 Å². The average Bonchev–Trinajstić information content (AvgIpc) is 3.13. The summed E-state index contributed by atoms with van der Waals surface area (Å²) in [4.78, 5) is 2.11. The van der Waals surface area contributed by atoms with Crippen LogP contribution in [0.1, 0.15) is 30.5 Å². The van der Waals surface area contributed by atoms with Crippen molar-refractivity contribution in [3.8, 4) is 11.1 Å². The van der Waals surface area contributed by atoms with Crippen LogP contribution in [0.4, 0.5) is 11.4 Å². The molecule has 7 nitrogen and oxygen atoms in total. The highest BCUT2D eigenvalue weighted by molar-refractivity contribution is 5.75. The van der Waals surface area contributed by atoms with Crippen LogP contribution in [-0.4, -0.2) is 30.4 Å². The first-order chi connectivity index (χ1) is 15.0. The number of aryl methyl sites for hydroxylation is 1. The number of hydrogen-bond donors (Lipinski definition) is 3. The lowest BCUT2D eigenvalue weighted by atomic mass is 9.93. The van der Waals surface area contributed by atoms with Crippen LogP contribution >= 0.6 is 0 Å². The standard InChI is InChI=1S/C24H29N7/c1-16(29-25)24-21-9-8-17(18-14-27-31(4)15-18)12-22(21)23(10-11-26-24)28-19-6-5-7-20(13-19)30(2)3/h5-9,12-15,23,25-26,28H,10-11H2,1-4H3/b24-16-,29-25?. The van der Waals surface area contributed by atoms with Gasteiger partial charge < -0.3 is 15.5 Å². The van der Waals surface area contributed by atoms with Gasteiger partial charge in [-0.3, -0.25) is 4.68 Å². The Kier molecular flexibility index (Phi) is 5.75. The summed E-state index contributed by atoms with van der Waals surface area (Å²) in [6, 6.07) is 15.1. The van der Waals surface area contributed by atoms with Crippen LogP contribution in [0, 0.1) is 5.53 Å². The molecule has 31 heavy (non-hydrogen) atoms. The lowest BCUT2D eigenvalue weighted by molar-refractivity contribution is 0.682. The summed E-state index contributed by atoms with van der Waals surface area (Å²) < 4.78 is 1.82. The second-order valence-corrected chi connectivity index (χ2v) is 8.13. The number of nitrogens with one attached hydrogen (secondary N) is 3. The Morgan fingerprint density at radius 3 is 2.77 bits per heavy atom. The Balaban J connectivity index is 1.79. The molecule has 7 heteroatoms. The molecule has 160 valence electrons. The molecule has 2 aromatic carbocycles. The van der Waals surface area contributed by atoms with Crippen LogP contribution in [0.2, 0.25) is 0 Å². The molecule has 1 aliphatic heterocycles. The van der Waals surface area contributed by atoms with E-state index in [4.69, 9.17) is 5.53 Å². The molecule has 0 spiro atoms. The molecule has 0 fully saturated rings. The fourth-order valence-corrected chi connectivity index (χ4v) is 4.02. The largest absolute Gasteiger partial charge is 0.383 e. The molecule has 1 unspecified atom stereocenters. The quantitative estimate of drug-likeness (QED) is 0.511. The monoisotopic (exact) mass is 415 g/mol. The first-order valence-corrected chi connectivity index (χ1v) is 10.5. The maximum absolute atomic E-state index is 7.53. The highest BCUT2D eigenvalue weighted by Gasteiger charge is 2.23. The second kappa shape index (κ2) is 8.63. The van der Waals surface area contributed by atoms with Gasteiger partial charge in [0.2, 0.25) is 0 Å². The normalized spacial score (nSPS) is 17.2. The lowest BCUT2D eigenvalue weighted by Gasteiger charge is -2.22. The van der Waals surface area contributed by atoms with Crippen molar-refractivity contribution >= 4 is 17.1 Å². The maximum Gasteiger partial charge on any atom is 0.0829 e. The van der Waals surface area contributed by atoms with Crippen molar-refractivity contribution in [1.29, 1.82) is 5.53 Å². The Labute approximate surface area is 183 Å². The number of anilines is 2. The van der Waals surface area contributed by atoms with Gasteiger partial charge in [0.15, 0.2) is 0 Å². The molecule has 1 aliphatic rings. The van der Waals surface area contributed by atoms with Gasteiger partial charge in [-0.15, -0.1) is 0 Å². The summed E-state index contributed by atoms with van der Waals surface area (Å²) in [7, 11) is 6.03. The van der Waals surface area contributed by atoms with Gasteiger partial charge in [-0.05, 0) is 48.7 Å². The van der Waals surface area contributed by atoms with Crippen LogP contribution in [-0.2, 0) is 7.05 Å². The Morgan fingerprint density at radius 1 is 1.23 bits per heavy atom. The molecular weight excluding hydrogens is 386 g/mol.